The van der Waals surface area contributed by atoms with Crippen molar-refractivity contribution in [1.82, 2.24) is 24.3 Å². The highest BCUT2D eigenvalue weighted by molar-refractivity contribution is 7.89. The number of aliphatic carboxylic acids is 1. The van der Waals surface area contributed by atoms with Crippen LogP contribution in [0.25, 0.3) is 11.0 Å². The standard InChI is InChI=1S/C30H30ClN5O5S/c1-17-22(6-7-25-28(17)33-34-35(25)2)24(13-27(37)38)19-10-18-4-3-5-23(18)20(11-19)15-36-16-30(8-9-30)41-29-26(42(36,39)40)12-21(31)14-32-29/h6-7,10-12,14,24H,3-5,8-9,13,15-16H2,1-2H3,(H,37,38)/t24-/m1/s1. The first-order valence-electron chi connectivity index (χ1n) is 14.0. The maximum absolute atomic E-state index is 14.0. The number of aromatic nitrogens is 4. The number of fused-ring (bicyclic) bond motifs is 3. The molecule has 1 fully saturated rings. The zero-order valence-corrected chi connectivity index (χ0v) is 24.9. The number of sulfonamides is 1. The molecule has 7 rings (SSSR count). The predicted molar refractivity (Wildman–Crippen MR) is 155 cm³/mol. The third-order valence-corrected chi connectivity index (χ3v) is 10.9. The summed E-state index contributed by atoms with van der Waals surface area (Å²) in [6, 6.07) is 9.42. The second kappa shape index (κ2) is 9.75. The van der Waals surface area contributed by atoms with Crippen LogP contribution in [0.5, 0.6) is 5.88 Å². The zero-order valence-electron chi connectivity index (χ0n) is 23.3. The highest BCUT2D eigenvalue weighted by Crippen LogP contribution is 2.47. The van der Waals surface area contributed by atoms with E-state index < -0.39 is 27.5 Å². The van der Waals surface area contributed by atoms with Gasteiger partial charge < -0.3 is 9.84 Å². The lowest BCUT2D eigenvalue weighted by Crippen LogP contribution is -2.38. The van der Waals surface area contributed by atoms with E-state index in [4.69, 9.17) is 16.3 Å². The van der Waals surface area contributed by atoms with Crippen molar-refractivity contribution in [2.75, 3.05) is 6.54 Å². The van der Waals surface area contributed by atoms with Gasteiger partial charge in [0.15, 0.2) is 0 Å². The van der Waals surface area contributed by atoms with Gasteiger partial charge in [-0.05, 0) is 84.5 Å². The van der Waals surface area contributed by atoms with Crippen molar-refractivity contribution >= 4 is 38.6 Å². The highest BCUT2D eigenvalue weighted by Gasteiger charge is 2.52. The van der Waals surface area contributed by atoms with Crippen molar-refractivity contribution < 1.29 is 23.1 Å². The summed E-state index contributed by atoms with van der Waals surface area (Å²) in [7, 11) is -2.15. The fraction of sp³-hybridized carbons (Fsp3) is 0.400. The van der Waals surface area contributed by atoms with Gasteiger partial charge in [0.2, 0.25) is 15.9 Å². The Bertz CT molecular complexity index is 1880. The lowest BCUT2D eigenvalue weighted by atomic mass is 9.83. The van der Waals surface area contributed by atoms with E-state index in [9.17, 15) is 18.3 Å². The van der Waals surface area contributed by atoms with E-state index in [-0.39, 0.29) is 35.3 Å². The van der Waals surface area contributed by atoms with Crippen LogP contribution < -0.4 is 4.74 Å². The summed E-state index contributed by atoms with van der Waals surface area (Å²) >= 11 is 6.18. The summed E-state index contributed by atoms with van der Waals surface area (Å²) in [4.78, 5) is 16.4. The number of ether oxygens (including phenoxy) is 1. The first-order valence-corrected chi connectivity index (χ1v) is 15.9. The molecule has 1 N–H and O–H groups in total. The molecule has 1 spiro atoms. The molecule has 1 saturated carbocycles. The number of hydrogen-bond acceptors (Lipinski definition) is 7. The average molecular weight is 608 g/mol. The first kappa shape index (κ1) is 27.3. The van der Waals surface area contributed by atoms with Gasteiger partial charge in [0.25, 0.3) is 0 Å². The van der Waals surface area contributed by atoms with Crippen molar-refractivity contribution in [2.24, 2.45) is 7.05 Å². The minimum Gasteiger partial charge on any atom is -0.481 e. The fourth-order valence-corrected chi connectivity index (χ4v) is 8.36. The third kappa shape index (κ3) is 4.54. The number of carbonyl (C=O) groups is 1. The fourth-order valence-electron chi connectivity index (χ4n) is 6.56. The monoisotopic (exact) mass is 607 g/mol. The molecule has 218 valence electrons. The number of carboxylic acids is 1. The molecular formula is C30H30ClN5O5S. The van der Waals surface area contributed by atoms with Crippen molar-refractivity contribution in [3.8, 4) is 5.88 Å². The smallest absolute Gasteiger partial charge is 0.304 e. The van der Waals surface area contributed by atoms with Crippen LogP contribution in [-0.4, -0.2) is 55.9 Å². The van der Waals surface area contributed by atoms with E-state index in [1.165, 1.54) is 16.6 Å². The second-order valence-electron chi connectivity index (χ2n) is 11.7. The maximum atomic E-state index is 14.0. The Morgan fingerprint density at radius 1 is 1.21 bits per heavy atom. The zero-order chi connectivity index (χ0) is 29.4. The van der Waals surface area contributed by atoms with Crippen molar-refractivity contribution in [3.05, 3.63) is 74.9 Å². The molecule has 10 nitrogen and oxygen atoms in total. The van der Waals surface area contributed by atoms with Crippen molar-refractivity contribution in [1.29, 1.82) is 0 Å². The van der Waals surface area contributed by atoms with Crippen LogP contribution in [-0.2, 0) is 41.3 Å². The van der Waals surface area contributed by atoms with Crippen molar-refractivity contribution in [2.45, 2.75) is 68.4 Å². The minimum atomic E-state index is -3.97. The predicted octanol–water partition coefficient (Wildman–Crippen LogP) is 4.54. The van der Waals surface area contributed by atoms with Gasteiger partial charge in [-0.25, -0.2) is 18.1 Å². The van der Waals surface area contributed by atoms with E-state index in [1.54, 1.807) is 4.68 Å². The molecule has 4 aromatic rings. The Kier molecular flexibility index (Phi) is 6.34. The van der Waals surface area contributed by atoms with Crippen LogP contribution in [0, 0.1) is 6.92 Å². The van der Waals surface area contributed by atoms with E-state index in [1.807, 2.05) is 32.2 Å². The lowest BCUT2D eigenvalue weighted by Gasteiger charge is -2.26. The van der Waals surface area contributed by atoms with Gasteiger partial charge in [-0.3, -0.25) is 4.79 Å². The molecule has 3 heterocycles. The average Bonchev–Trinajstić information content (AvgIpc) is 3.35. The quantitative estimate of drug-likeness (QED) is 0.338. The molecule has 0 bridgehead atoms. The Labute approximate surface area is 248 Å². The molecular weight excluding hydrogens is 578 g/mol. The van der Waals surface area contributed by atoms with Gasteiger partial charge >= 0.3 is 5.97 Å². The Balaban J connectivity index is 1.33. The summed E-state index contributed by atoms with van der Waals surface area (Å²) in [5.41, 5.74) is 6.81. The Morgan fingerprint density at radius 3 is 2.79 bits per heavy atom. The molecule has 1 aliphatic heterocycles. The van der Waals surface area contributed by atoms with Crippen LogP contribution in [0.2, 0.25) is 5.02 Å². The summed E-state index contributed by atoms with van der Waals surface area (Å²) in [6.45, 7) is 2.31. The van der Waals surface area contributed by atoms with Crippen LogP contribution in [0.15, 0.2) is 41.4 Å². The van der Waals surface area contributed by atoms with E-state index >= 15 is 0 Å². The van der Waals surface area contributed by atoms with E-state index in [2.05, 4.69) is 21.4 Å². The van der Waals surface area contributed by atoms with E-state index in [0.29, 0.717) is 0 Å². The van der Waals surface area contributed by atoms with Gasteiger partial charge in [-0.1, -0.05) is 35.0 Å². The van der Waals surface area contributed by atoms with Gasteiger partial charge in [0.1, 0.15) is 16.0 Å². The normalized spacial score (nSPS) is 19.2. The number of hydrogen-bond donors (Lipinski definition) is 1. The molecule has 0 saturated heterocycles. The summed E-state index contributed by atoms with van der Waals surface area (Å²) in [5, 5.41) is 18.7. The first-order chi connectivity index (χ1) is 20.0. The van der Waals surface area contributed by atoms with Crippen LogP contribution >= 0.6 is 11.6 Å². The maximum Gasteiger partial charge on any atom is 0.304 e. The Hall–Kier alpha value is -3.54. The highest BCUT2D eigenvalue weighted by atomic mass is 35.5. The van der Waals surface area contributed by atoms with Gasteiger partial charge in [0.05, 0.1) is 23.5 Å². The minimum absolute atomic E-state index is 0.0248. The molecule has 2 aliphatic carbocycles. The molecule has 0 unspecified atom stereocenters. The SMILES string of the molecule is Cc1c([C@H](CC(=O)O)c2cc3c(c(CN4CC5(CC5)Oc5ncc(Cl)cc5S4(=O)=O)c2)CCC3)ccc2c1nnn2C. The summed E-state index contributed by atoms with van der Waals surface area (Å²) in [6.07, 6.45) is 5.45. The van der Waals surface area contributed by atoms with Gasteiger partial charge in [-0.15, -0.1) is 5.10 Å². The van der Waals surface area contributed by atoms with Crippen LogP contribution in [0.1, 0.15) is 65.0 Å². The number of halogens is 1. The molecule has 0 radical (unpaired) electrons. The van der Waals surface area contributed by atoms with Gasteiger partial charge in [-0.2, -0.15) is 4.31 Å². The number of pyridine rings is 1. The third-order valence-electron chi connectivity index (χ3n) is 8.90. The van der Waals surface area contributed by atoms with E-state index in [0.717, 1.165) is 76.5 Å². The number of nitrogens with zero attached hydrogens (tertiary/aromatic N) is 5. The molecule has 42 heavy (non-hydrogen) atoms. The topological polar surface area (TPSA) is 128 Å². The number of benzene rings is 2. The van der Waals surface area contributed by atoms with Crippen molar-refractivity contribution in [3.63, 3.8) is 0 Å². The molecule has 1 atom stereocenters. The molecule has 2 aromatic carbocycles. The number of carboxylic acid groups (broad SMARTS) is 1. The molecule has 2 aromatic heterocycles. The summed E-state index contributed by atoms with van der Waals surface area (Å²) < 4.78 is 37.4. The lowest BCUT2D eigenvalue weighted by molar-refractivity contribution is -0.137. The largest absolute Gasteiger partial charge is 0.481 e. The molecule has 12 heteroatoms. The van der Waals surface area contributed by atoms with Crippen LogP contribution in [0.3, 0.4) is 0 Å². The Morgan fingerprint density at radius 2 is 2.02 bits per heavy atom. The number of aryl methyl sites for hydroxylation is 3. The van der Waals surface area contributed by atoms with Crippen LogP contribution in [0.4, 0.5) is 0 Å². The summed E-state index contributed by atoms with van der Waals surface area (Å²) in [5.74, 6) is -1.26. The molecule has 3 aliphatic rings. The second-order valence-corrected chi connectivity index (χ2v) is 14.0. The molecule has 0 amide bonds. The van der Waals surface area contributed by atoms with Gasteiger partial charge in [0, 0.05) is 25.7 Å². The number of rotatable bonds is 6.